The van der Waals surface area contributed by atoms with E-state index in [1.807, 2.05) is 91.0 Å². The summed E-state index contributed by atoms with van der Waals surface area (Å²) in [5.74, 6) is 0.848. The summed E-state index contributed by atoms with van der Waals surface area (Å²) < 4.78 is 12.5. The molecule has 9 heteroatoms. The molecule has 0 aliphatic carbocycles. The maximum absolute atomic E-state index is 14.0. The number of nitrogens with zero attached hydrogens (tertiary/aromatic N) is 3. The summed E-state index contributed by atoms with van der Waals surface area (Å²) in [5, 5.41) is 7.63. The first kappa shape index (κ1) is 25.7. The fourth-order valence-electron chi connectivity index (χ4n) is 5.05. The lowest BCUT2D eigenvalue weighted by atomic mass is 9.95. The molecule has 1 aliphatic rings. The molecule has 1 amide bonds. The molecule has 0 unspecified atom stereocenters. The summed E-state index contributed by atoms with van der Waals surface area (Å²) in [6.45, 7) is 1.76. The topological polar surface area (TPSA) is 116 Å². The SMILES string of the molecule is Cc1noc(/C=C/c2ccccc2)c1NC(=O)c1c(N)nc2c3c(cc(-c4ccccc4Br)nc13)-c1ccccc1O2. The Morgan fingerprint density at radius 3 is 2.45 bits per heavy atom. The number of carbonyl (C=O) groups is 1. The molecule has 0 atom stereocenters. The normalized spacial score (nSPS) is 11.9. The highest BCUT2D eigenvalue weighted by Gasteiger charge is 2.29. The lowest BCUT2D eigenvalue weighted by Crippen LogP contribution is -2.18. The number of aryl methyl sites for hydroxylation is 1. The first-order valence-electron chi connectivity index (χ1n) is 13.1. The van der Waals surface area contributed by atoms with Gasteiger partial charge < -0.3 is 20.3 Å². The van der Waals surface area contributed by atoms with E-state index in [0.717, 1.165) is 26.7 Å². The fraction of sp³-hybridized carbons (Fsp3) is 0.0303. The Morgan fingerprint density at radius 1 is 0.905 bits per heavy atom. The van der Waals surface area contributed by atoms with Crippen LogP contribution in [0.5, 0.6) is 11.6 Å². The quantitative estimate of drug-likeness (QED) is 0.201. The van der Waals surface area contributed by atoms with Crippen LogP contribution in [0.3, 0.4) is 0 Å². The van der Waals surface area contributed by atoms with Gasteiger partial charge in [0.1, 0.15) is 28.5 Å². The molecule has 1 aliphatic heterocycles. The van der Waals surface area contributed by atoms with E-state index in [1.165, 1.54) is 0 Å². The third-order valence-electron chi connectivity index (χ3n) is 7.06. The summed E-state index contributed by atoms with van der Waals surface area (Å²) in [4.78, 5) is 23.5. The van der Waals surface area contributed by atoms with E-state index in [-0.39, 0.29) is 11.4 Å². The molecule has 204 valence electrons. The average molecular weight is 616 g/mol. The zero-order chi connectivity index (χ0) is 28.8. The molecule has 42 heavy (non-hydrogen) atoms. The monoisotopic (exact) mass is 615 g/mol. The number of hydrogen-bond donors (Lipinski definition) is 2. The lowest BCUT2D eigenvalue weighted by Gasteiger charge is -2.22. The number of fused-ring (bicyclic) bond motifs is 2. The zero-order valence-electron chi connectivity index (χ0n) is 22.3. The van der Waals surface area contributed by atoms with Gasteiger partial charge in [0.2, 0.25) is 5.88 Å². The van der Waals surface area contributed by atoms with E-state index in [9.17, 15) is 4.79 Å². The lowest BCUT2D eigenvalue weighted by molar-refractivity contribution is 0.102. The van der Waals surface area contributed by atoms with Crippen molar-refractivity contribution in [1.82, 2.24) is 15.1 Å². The van der Waals surface area contributed by atoms with Crippen LogP contribution >= 0.6 is 15.9 Å². The highest BCUT2D eigenvalue weighted by molar-refractivity contribution is 9.10. The third-order valence-corrected chi connectivity index (χ3v) is 7.75. The molecule has 0 radical (unpaired) electrons. The van der Waals surface area contributed by atoms with Crippen molar-refractivity contribution in [3.05, 3.63) is 112 Å². The number of pyridine rings is 2. The van der Waals surface area contributed by atoms with Crippen molar-refractivity contribution >= 4 is 56.4 Å². The van der Waals surface area contributed by atoms with Crippen LogP contribution in [0, 0.1) is 6.92 Å². The molecule has 0 fully saturated rings. The van der Waals surface area contributed by atoms with Gasteiger partial charge in [-0.25, -0.2) is 4.98 Å². The molecule has 3 aromatic carbocycles. The van der Waals surface area contributed by atoms with Gasteiger partial charge in [0.05, 0.1) is 16.6 Å². The summed E-state index contributed by atoms with van der Waals surface area (Å²) in [5.41, 5.74) is 12.1. The Kier molecular flexibility index (Phi) is 6.28. The third kappa shape index (κ3) is 4.40. The smallest absolute Gasteiger partial charge is 0.261 e. The van der Waals surface area contributed by atoms with Crippen LogP contribution < -0.4 is 15.8 Å². The van der Waals surface area contributed by atoms with Gasteiger partial charge in [0.25, 0.3) is 5.91 Å². The first-order chi connectivity index (χ1) is 20.5. The minimum Gasteiger partial charge on any atom is -0.438 e. The van der Waals surface area contributed by atoms with E-state index in [4.69, 9.17) is 20.0 Å². The Balaban J connectivity index is 1.39. The average Bonchev–Trinajstić information content (AvgIpc) is 3.35. The number of anilines is 2. The van der Waals surface area contributed by atoms with Crippen molar-refractivity contribution in [1.29, 1.82) is 0 Å². The van der Waals surface area contributed by atoms with Crippen LogP contribution in [-0.4, -0.2) is 21.0 Å². The van der Waals surface area contributed by atoms with Gasteiger partial charge in [-0.1, -0.05) is 93.9 Å². The predicted octanol–water partition coefficient (Wildman–Crippen LogP) is 8.13. The minimum atomic E-state index is -0.492. The number of nitrogens with two attached hydrogens (primary N) is 1. The number of amides is 1. The molecule has 7 rings (SSSR count). The van der Waals surface area contributed by atoms with Crippen LogP contribution in [0.15, 0.2) is 93.9 Å². The molecule has 0 bridgehead atoms. The van der Waals surface area contributed by atoms with Gasteiger partial charge >= 0.3 is 0 Å². The summed E-state index contributed by atoms with van der Waals surface area (Å²) in [6.07, 6.45) is 3.65. The van der Waals surface area contributed by atoms with E-state index < -0.39 is 5.91 Å². The Morgan fingerprint density at radius 2 is 1.64 bits per heavy atom. The van der Waals surface area contributed by atoms with Gasteiger partial charge in [-0.3, -0.25) is 4.79 Å². The Hall–Kier alpha value is -5.28. The number of nitrogen functional groups attached to an aromatic ring is 1. The van der Waals surface area contributed by atoms with E-state index in [2.05, 4.69) is 31.4 Å². The van der Waals surface area contributed by atoms with Crippen LogP contribution in [-0.2, 0) is 0 Å². The molecule has 8 nitrogen and oxygen atoms in total. The van der Waals surface area contributed by atoms with Crippen LogP contribution in [0.1, 0.15) is 27.4 Å². The number of carbonyl (C=O) groups excluding carboxylic acids is 1. The molecule has 3 N–H and O–H groups in total. The maximum atomic E-state index is 14.0. The van der Waals surface area contributed by atoms with Crippen molar-refractivity contribution < 1.29 is 14.1 Å². The first-order valence-corrected chi connectivity index (χ1v) is 13.9. The van der Waals surface area contributed by atoms with E-state index >= 15 is 0 Å². The summed E-state index contributed by atoms with van der Waals surface area (Å²) in [6, 6.07) is 27.2. The van der Waals surface area contributed by atoms with Crippen molar-refractivity contribution in [3.63, 3.8) is 0 Å². The van der Waals surface area contributed by atoms with Crippen LogP contribution in [0.25, 0.3) is 45.4 Å². The van der Waals surface area contributed by atoms with Crippen LogP contribution in [0.4, 0.5) is 11.5 Å². The number of hydrogen-bond acceptors (Lipinski definition) is 7. The predicted molar refractivity (Wildman–Crippen MR) is 167 cm³/mol. The van der Waals surface area contributed by atoms with Crippen LogP contribution in [0.2, 0.25) is 0 Å². The Labute approximate surface area is 249 Å². The van der Waals surface area contributed by atoms with Crippen molar-refractivity contribution in [3.8, 4) is 34.0 Å². The molecule has 0 saturated carbocycles. The molecular weight excluding hydrogens is 594 g/mol. The minimum absolute atomic E-state index is 0.00686. The molecule has 6 aromatic rings. The number of nitrogens with one attached hydrogen (secondary N) is 1. The largest absolute Gasteiger partial charge is 0.438 e. The number of rotatable bonds is 5. The fourth-order valence-corrected chi connectivity index (χ4v) is 5.54. The summed E-state index contributed by atoms with van der Waals surface area (Å²) in [7, 11) is 0. The number of ether oxygens (including phenoxy) is 1. The van der Waals surface area contributed by atoms with Crippen molar-refractivity contribution in [2.45, 2.75) is 6.92 Å². The highest BCUT2D eigenvalue weighted by atomic mass is 79.9. The van der Waals surface area contributed by atoms with Crippen molar-refractivity contribution in [2.24, 2.45) is 0 Å². The van der Waals surface area contributed by atoms with Gasteiger partial charge in [0.15, 0.2) is 5.76 Å². The highest BCUT2D eigenvalue weighted by Crippen LogP contribution is 2.48. The van der Waals surface area contributed by atoms with Crippen molar-refractivity contribution in [2.75, 3.05) is 11.1 Å². The second-order valence-corrected chi connectivity index (χ2v) is 10.6. The molecule has 0 spiro atoms. The van der Waals surface area contributed by atoms with Gasteiger partial charge in [-0.2, -0.15) is 4.98 Å². The molecular formula is C33H22BrN5O3. The maximum Gasteiger partial charge on any atom is 0.261 e. The van der Waals surface area contributed by atoms with Gasteiger partial charge in [-0.05, 0) is 36.8 Å². The van der Waals surface area contributed by atoms with Gasteiger partial charge in [-0.15, -0.1) is 0 Å². The van der Waals surface area contributed by atoms with E-state index in [0.29, 0.717) is 45.4 Å². The number of aromatic nitrogens is 3. The second-order valence-electron chi connectivity index (χ2n) is 9.74. The number of benzene rings is 3. The summed E-state index contributed by atoms with van der Waals surface area (Å²) >= 11 is 3.65. The Bertz CT molecular complexity index is 2050. The second kappa shape index (κ2) is 10.3. The molecule has 3 aromatic heterocycles. The standard InChI is InChI=1S/C33H22BrN5O3/c1-18-29(26(42-39-18)16-15-19-9-3-2-4-10-19)37-32(40)28-30-27-22(17-24(36-30)21-12-5-7-13-23(21)34)20-11-6-8-14-25(20)41-33(27)38-31(28)35/h2-17H,1H3,(H2,35,38)(H,37,40)/b16-15+. The zero-order valence-corrected chi connectivity index (χ0v) is 23.8. The van der Waals surface area contributed by atoms with E-state index in [1.54, 1.807) is 13.0 Å². The number of para-hydroxylation sites is 1. The molecule has 0 saturated heterocycles. The number of halogens is 1. The molecule has 4 heterocycles. The van der Waals surface area contributed by atoms with Gasteiger partial charge in [0, 0.05) is 21.2 Å².